The third kappa shape index (κ3) is 8.28. The number of thiophene rings is 2. The van der Waals surface area contributed by atoms with Crippen molar-refractivity contribution in [2.45, 2.75) is 61.0 Å². The molecular formula is C35H36Br2N6O5S2. The van der Waals surface area contributed by atoms with Gasteiger partial charge in [0.15, 0.2) is 5.82 Å². The number of benzene rings is 2. The predicted molar refractivity (Wildman–Crippen MR) is 201 cm³/mol. The summed E-state index contributed by atoms with van der Waals surface area (Å²) in [5.41, 5.74) is 3.84. The van der Waals surface area contributed by atoms with Crippen LogP contribution in [0.1, 0.15) is 51.1 Å². The van der Waals surface area contributed by atoms with Crippen molar-refractivity contribution in [3.63, 3.8) is 0 Å². The van der Waals surface area contributed by atoms with Crippen LogP contribution >= 0.6 is 54.5 Å². The van der Waals surface area contributed by atoms with Crippen LogP contribution in [0.3, 0.4) is 0 Å². The maximum absolute atomic E-state index is 12.7. The highest BCUT2D eigenvalue weighted by Crippen LogP contribution is 2.40. The predicted octanol–water partition coefficient (Wildman–Crippen LogP) is 8.91. The summed E-state index contributed by atoms with van der Waals surface area (Å²) in [6.07, 6.45) is -0.850. The Kier molecular flexibility index (Phi) is 12.1. The summed E-state index contributed by atoms with van der Waals surface area (Å²) in [4.78, 5) is 42.3. The van der Waals surface area contributed by atoms with Crippen molar-refractivity contribution in [1.29, 1.82) is 0 Å². The number of hydrogen-bond donors (Lipinski definition) is 1. The Balaban J connectivity index is 0.000000192. The van der Waals surface area contributed by atoms with Gasteiger partial charge in [0, 0.05) is 29.8 Å². The number of anilines is 1. The van der Waals surface area contributed by atoms with Crippen molar-refractivity contribution in [3.05, 3.63) is 113 Å². The number of hydrogen-bond acceptors (Lipinski definition) is 9. The molecule has 15 heteroatoms. The van der Waals surface area contributed by atoms with E-state index in [-0.39, 0.29) is 39.2 Å². The van der Waals surface area contributed by atoms with E-state index in [0.717, 1.165) is 62.6 Å². The van der Waals surface area contributed by atoms with Gasteiger partial charge in [0.05, 0.1) is 19.6 Å². The van der Waals surface area contributed by atoms with Gasteiger partial charge >= 0.3 is 12.2 Å². The lowest BCUT2D eigenvalue weighted by atomic mass is 10.2. The molecule has 3 amide bonds. The van der Waals surface area contributed by atoms with E-state index in [1.54, 1.807) is 16.2 Å². The molecule has 50 heavy (non-hydrogen) atoms. The molecule has 0 saturated heterocycles. The number of rotatable bonds is 4. The highest BCUT2D eigenvalue weighted by molar-refractivity contribution is 9.11. The lowest BCUT2D eigenvalue weighted by molar-refractivity contribution is -0.117. The average Bonchev–Trinajstić information content (AvgIpc) is 3.58. The highest BCUT2D eigenvalue weighted by atomic mass is 79.9. The molecule has 2 aliphatic heterocycles. The summed E-state index contributed by atoms with van der Waals surface area (Å²) in [6, 6.07) is 19.1. The molecule has 0 radical (unpaired) electrons. The fourth-order valence-corrected chi connectivity index (χ4v) is 8.83. The number of aryl methyl sites for hydroxylation is 3. The zero-order valence-corrected chi connectivity index (χ0v) is 31.7. The SMILES string of the molecule is C.Cc1sc2c(c1Br)CN(C(=O)OCc1ccccc1)CC(=O)N2.Cc1sc2c(c1Br)CN(C(=O)OCc1ccccc1)Cc1nnc(C)n1-2. The van der Waals surface area contributed by atoms with Crippen molar-refractivity contribution < 1.29 is 23.9 Å². The number of ether oxygens (including phenoxy) is 2. The standard InChI is InChI=1S/C18H17BrN4O2S.C16H15BrN2O3S.CH4/c1-11-16(19)14-8-22(18(24)25-10-13-6-4-3-5-7-13)9-15-21-20-12(2)23(15)17(14)26-11;1-10-14(17)12-7-19(8-13(20)18-15(12)23-10)16(21)22-9-11-5-3-2-4-6-11;/h3-7H,8-10H2,1-2H3;2-6H,7-9H2,1H3,(H,18,20);1H4. The minimum absolute atomic E-state index is 0. The Morgan fingerprint density at radius 1 is 0.760 bits per heavy atom. The largest absolute Gasteiger partial charge is 0.445 e. The summed E-state index contributed by atoms with van der Waals surface area (Å²) >= 11 is 10.4. The van der Waals surface area contributed by atoms with Crippen molar-refractivity contribution >= 4 is 77.6 Å². The quantitative estimate of drug-likeness (QED) is 0.192. The molecule has 3 aromatic heterocycles. The van der Waals surface area contributed by atoms with Crippen LogP contribution in [0.25, 0.3) is 5.00 Å². The zero-order valence-electron chi connectivity index (χ0n) is 26.9. The zero-order chi connectivity index (χ0) is 34.7. The van der Waals surface area contributed by atoms with E-state index in [9.17, 15) is 14.4 Å². The number of carbonyl (C=O) groups excluding carboxylic acids is 3. The van der Waals surface area contributed by atoms with Crippen molar-refractivity contribution in [2.75, 3.05) is 11.9 Å². The van der Waals surface area contributed by atoms with Gasteiger partial charge in [0.1, 0.15) is 35.6 Å². The molecule has 0 unspecified atom stereocenters. The molecule has 1 N–H and O–H groups in total. The number of halogens is 2. The van der Waals surface area contributed by atoms with Gasteiger partial charge in [-0.2, -0.15) is 0 Å². The third-order valence-corrected chi connectivity index (χ3v) is 12.7. The van der Waals surface area contributed by atoms with E-state index in [1.165, 1.54) is 16.2 Å². The van der Waals surface area contributed by atoms with Crippen LogP contribution in [0.15, 0.2) is 69.6 Å². The molecule has 262 valence electrons. The molecule has 5 heterocycles. The van der Waals surface area contributed by atoms with Gasteiger partial charge in [0.25, 0.3) is 0 Å². The van der Waals surface area contributed by atoms with Gasteiger partial charge in [-0.3, -0.25) is 19.2 Å². The Morgan fingerprint density at radius 2 is 1.28 bits per heavy atom. The third-order valence-electron chi connectivity index (χ3n) is 7.82. The van der Waals surface area contributed by atoms with Crippen molar-refractivity contribution in [2.24, 2.45) is 0 Å². The lowest BCUT2D eigenvalue weighted by Gasteiger charge is -2.19. The normalized spacial score (nSPS) is 13.3. The van der Waals surface area contributed by atoms with E-state index in [2.05, 4.69) is 54.3 Å². The second-order valence-electron chi connectivity index (χ2n) is 11.4. The summed E-state index contributed by atoms with van der Waals surface area (Å²) in [5, 5.41) is 13.1. The minimum Gasteiger partial charge on any atom is -0.445 e. The van der Waals surface area contributed by atoms with Gasteiger partial charge in [-0.25, -0.2) is 9.59 Å². The van der Waals surface area contributed by atoms with Crippen LogP contribution in [-0.2, 0) is 47.1 Å². The molecule has 0 spiro atoms. The summed E-state index contributed by atoms with van der Waals surface area (Å²) in [5.74, 6) is 1.34. The number of carbonyl (C=O) groups is 3. The van der Waals surface area contributed by atoms with E-state index < -0.39 is 6.09 Å². The Labute approximate surface area is 315 Å². The average molecular weight is 845 g/mol. The van der Waals surface area contributed by atoms with Crippen LogP contribution in [-0.4, -0.2) is 49.2 Å². The van der Waals surface area contributed by atoms with Crippen molar-refractivity contribution in [1.82, 2.24) is 24.6 Å². The molecule has 0 fully saturated rings. The van der Waals surface area contributed by atoms with Gasteiger partial charge in [-0.1, -0.05) is 68.1 Å². The number of nitrogens with one attached hydrogen (secondary N) is 1. The first kappa shape index (κ1) is 37.2. The summed E-state index contributed by atoms with van der Waals surface area (Å²) in [6.45, 7) is 7.54. The van der Waals surface area contributed by atoms with E-state index in [0.29, 0.717) is 19.6 Å². The van der Waals surface area contributed by atoms with E-state index in [1.807, 2.05) is 79.1 Å². The number of amides is 3. The molecule has 0 atom stereocenters. The van der Waals surface area contributed by atoms with Gasteiger partial charge in [-0.05, 0) is 63.8 Å². The maximum atomic E-state index is 12.7. The van der Waals surface area contributed by atoms with Crippen molar-refractivity contribution in [3.8, 4) is 5.00 Å². The first-order valence-corrected chi connectivity index (χ1v) is 18.5. The first-order chi connectivity index (χ1) is 23.6. The van der Waals surface area contributed by atoms with Gasteiger partial charge < -0.3 is 14.8 Å². The summed E-state index contributed by atoms with van der Waals surface area (Å²) in [7, 11) is 0. The topological polar surface area (TPSA) is 119 Å². The molecular weight excluding hydrogens is 808 g/mol. The molecule has 5 aromatic rings. The van der Waals surface area contributed by atoms with Crippen LogP contribution < -0.4 is 5.32 Å². The fourth-order valence-electron chi connectivity index (χ4n) is 5.35. The monoisotopic (exact) mass is 842 g/mol. The number of nitrogens with zero attached hydrogens (tertiary/aromatic N) is 5. The van der Waals surface area contributed by atoms with Crippen LogP contribution in [0, 0.1) is 20.8 Å². The molecule has 0 bridgehead atoms. The second kappa shape index (κ2) is 16.3. The smallest absolute Gasteiger partial charge is 0.410 e. The Hall–Kier alpha value is -4.05. The lowest BCUT2D eigenvalue weighted by Crippen LogP contribution is -2.35. The first-order valence-electron chi connectivity index (χ1n) is 15.3. The molecule has 0 saturated carbocycles. The summed E-state index contributed by atoms with van der Waals surface area (Å²) < 4.78 is 14.8. The highest BCUT2D eigenvalue weighted by Gasteiger charge is 2.30. The number of aromatic nitrogens is 3. The molecule has 2 aromatic carbocycles. The Morgan fingerprint density at radius 3 is 1.88 bits per heavy atom. The maximum Gasteiger partial charge on any atom is 0.410 e. The Bertz CT molecular complexity index is 2000. The van der Waals surface area contributed by atoms with E-state index in [4.69, 9.17) is 9.47 Å². The van der Waals surface area contributed by atoms with Gasteiger partial charge in [-0.15, -0.1) is 32.9 Å². The van der Waals surface area contributed by atoms with Gasteiger partial charge in [0.2, 0.25) is 5.91 Å². The molecule has 0 aliphatic carbocycles. The molecule has 7 rings (SSSR count). The molecule has 2 aliphatic rings. The minimum atomic E-state index is -0.493. The van der Waals surface area contributed by atoms with E-state index >= 15 is 0 Å². The number of fused-ring (bicyclic) bond motifs is 4. The fraction of sp³-hybridized carbons (Fsp3) is 0.286. The van der Waals surface area contributed by atoms with Crippen LogP contribution in [0.4, 0.5) is 14.6 Å². The van der Waals surface area contributed by atoms with Crippen LogP contribution in [0.5, 0.6) is 0 Å². The van der Waals surface area contributed by atoms with Crippen LogP contribution in [0.2, 0.25) is 0 Å². The molecule has 11 nitrogen and oxygen atoms in total. The second-order valence-corrected chi connectivity index (χ2v) is 15.4.